The molecule has 2 aromatic carbocycles. The number of hydrogen-bond acceptors (Lipinski definition) is 3. The van der Waals surface area contributed by atoms with Crippen molar-refractivity contribution < 1.29 is 0 Å². The van der Waals surface area contributed by atoms with Crippen molar-refractivity contribution in [1.82, 2.24) is 9.47 Å². The van der Waals surface area contributed by atoms with Crippen molar-refractivity contribution in [2.75, 3.05) is 6.54 Å². The summed E-state index contributed by atoms with van der Waals surface area (Å²) in [4.78, 5) is 14.8. The SMILES string of the molecule is O=c1sc2cc(Br)ccc2n1CCCN1Cc2ccccc2C1. The Bertz CT molecular complexity index is 890. The molecule has 1 aromatic heterocycles. The Kier molecular flexibility index (Phi) is 4.09. The van der Waals surface area contributed by atoms with Gasteiger partial charge in [-0.15, -0.1) is 0 Å². The Morgan fingerprint density at radius 1 is 1.04 bits per heavy atom. The van der Waals surface area contributed by atoms with Crippen molar-refractivity contribution in [2.45, 2.75) is 26.1 Å². The van der Waals surface area contributed by atoms with Crippen LogP contribution in [-0.4, -0.2) is 16.0 Å². The van der Waals surface area contributed by atoms with E-state index < -0.39 is 0 Å². The molecule has 3 aromatic rings. The lowest BCUT2D eigenvalue weighted by molar-refractivity contribution is 0.274. The molecule has 0 spiro atoms. The fraction of sp³-hybridized carbons (Fsp3) is 0.278. The zero-order valence-corrected chi connectivity index (χ0v) is 15.1. The monoisotopic (exact) mass is 388 g/mol. The van der Waals surface area contributed by atoms with Crippen molar-refractivity contribution in [2.24, 2.45) is 0 Å². The van der Waals surface area contributed by atoms with Gasteiger partial charge in [0.15, 0.2) is 0 Å². The second-order valence-electron chi connectivity index (χ2n) is 5.96. The quantitative estimate of drug-likeness (QED) is 0.667. The van der Waals surface area contributed by atoms with Crippen LogP contribution in [0, 0.1) is 0 Å². The zero-order chi connectivity index (χ0) is 15.8. The van der Waals surface area contributed by atoms with E-state index in [4.69, 9.17) is 0 Å². The van der Waals surface area contributed by atoms with E-state index in [-0.39, 0.29) is 4.87 Å². The van der Waals surface area contributed by atoms with Crippen LogP contribution in [0.25, 0.3) is 10.2 Å². The molecule has 0 saturated carbocycles. The molecule has 2 heterocycles. The van der Waals surface area contributed by atoms with Crippen LogP contribution in [0.3, 0.4) is 0 Å². The first kappa shape index (κ1) is 15.1. The average Bonchev–Trinajstić information content (AvgIpc) is 3.07. The highest BCUT2D eigenvalue weighted by molar-refractivity contribution is 9.10. The van der Waals surface area contributed by atoms with E-state index in [1.165, 1.54) is 22.5 Å². The number of hydrogen-bond donors (Lipinski definition) is 0. The van der Waals surface area contributed by atoms with Gasteiger partial charge in [0.1, 0.15) is 0 Å². The number of benzene rings is 2. The first-order chi connectivity index (χ1) is 11.2. The Morgan fingerprint density at radius 2 is 1.78 bits per heavy atom. The van der Waals surface area contributed by atoms with Crippen molar-refractivity contribution in [1.29, 1.82) is 0 Å². The van der Waals surface area contributed by atoms with Gasteiger partial charge in [0.25, 0.3) is 0 Å². The smallest absolute Gasteiger partial charge is 0.299 e. The third-order valence-corrected chi connectivity index (χ3v) is 5.83. The van der Waals surface area contributed by atoms with Gasteiger partial charge in [-0.2, -0.15) is 0 Å². The van der Waals surface area contributed by atoms with Crippen LogP contribution >= 0.6 is 27.3 Å². The number of halogens is 1. The van der Waals surface area contributed by atoms with E-state index in [1.54, 1.807) is 0 Å². The van der Waals surface area contributed by atoms with Crippen LogP contribution in [0.5, 0.6) is 0 Å². The predicted octanol–water partition coefficient (Wildman–Crippen LogP) is 4.23. The van der Waals surface area contributed by atoms with E-state index in [0.717, 1.165) is 47.3 Å². The number of nitrogens with zero attached hydrogens (tertiary/aromatic N) is 2. The number of aryl methyl sites for hydroxylation is 1. The number of rotatable bonds is 4. The van der Waals surface area contributed by atoms with E-state index in [1.807, 2.05) is 22.8 Å². The second-order valence-corrected chi connectivity index (χ2v) is 7.87. The average molecular weight is 389 g/mol. The Hall–Kier alpha value is -1.43. The highest BCUT2D eigenvalue weighted by Gasteiger charge is 2.17. The van der Waals surface area contributed by atoms with Gasteiger partial charge in [-0.05, 0) is 35.7 Å². The summed E-state index contributed by atoms with van der Waals surface area (Å²) in [5.41, 5.74) is 3.93. The third kappa shape index (κ3) is 3.01. The molecule has 4 rings (SSSR count). The number of fused-ring (bicyclic) bond motifs is 2. The summed E-state index contributed by atoms with van der Waals surface area (Å²) < 4.78 is 3.99. The molecule has 118 valence electrons. The van der Waals surface area contributed by atoms with E-state index in [2.05, 4.69) is 45.1 Å². The van der Waals surface area contributed by atoms with Gasteiger partial charge in [-0.25, -0.2) is 0 Å². The Morgan fingerprint density at radius 3 is 2.52 bits per heavy atom. The predicted molar refractivity (Wildman–Crippen MR) is 99.0 cm³/mol. The molecule has 0 bridgehead atoms. The van der Waals surface area contributed by atoms with Gasteiger partial charge in [0, 0.05) is 30.7 Å². The summed E-state index contributed by atoms with van der Waals surface area (Å²) in [5.74, 6) is 0. The van der Waals surface area contributed by atoms with Crippen molar-refractivity contribution >= 4 is 37.5 Å². The topological polar surface area (TPSA) is 25.2 Å². The lowest BCUT2D eigenvalue weighted by Gasteiger charge is -2.14. The lowest BCUT2D eigenvalue weighted by Crippen LogP contribution is -2.21. The maximum absolute atomic E-state index is 12.2. The van der Waals surface area contributed by atoms with Crippen molar-refractivity contribution in [3.05, 3.63) is 67.7 Å². The maximum Gasteiger partial charge on any atom is 0.308 e. The number of thiazole rings is 1. The molecule has 0 atom stereocenters. The first-order valence-corrected chi connectivity index (χ1v) is 9.40. The van der Waals surface area contributed by atoms with Crippen LogP contribution < -0.4 is 4.87 Å². The summed E-state index contributed by atoms with van der Waals surface area (Å²) in [6, 6.07) is 14.7. The molecule has 0 unspecified atom stereocenters. The van der Waals surface area contributed by atoms with Gasteiger partial charge >= 0.3 is 4.87 Å². The molecule has 0 aliphatic carbocycles. The molecule has 0 fully saturated rings. The fourth-order valence-corrected chi connectivity index (χ4v) is 4.74. The minimum atomic E-state index is 0.141. The van der Waals surface area contributed by atoms with Crippen molar-refractivity contribution in [3.8, 4) is 0 Å². The molecule has 3 nitrogen and oxygen atoms in total. The summed E-state index contributed by atoms with van der Waals surface area (Å²) >= 11 is 4.80. The molecule has 23 heavy (non-hydrogen) atoms. The molecule has 0 saturated heterocycles. The summed E-state index contributed by atoms with van der Waals surface area (Å²) in [5, 5.41) is 0. The minimum absolute atomic E-state index is 0.141. The zero-order valence-electron chi connectivity index (χ0n) is 12.7. The summed E-state index contributed by atoms with van der Waals surface area (Å²) in [6.07, 6.45) is 0.996. The lowest BCUT2D eigenvalue weighted by atomic mass is 10.1. The van der Waals surface area contributed by atoms with E-state index in [9.17, 15) is 4.79 Å². The maximum atomic E-state index is 12.2. The van der Waals surface area contributed by atoms with Gasteiger partial charge in [-0.3, -0.25) is 14.3 Å². The molecule has 0 amide bonds. The Balaban J connectivity index is 1.43. The van der Waals surface area contributed by atoms with Crippen LogP contribution in [0.1, 0.15) is 17.5 Å². The van der Waals surface area contributed by atoms with Gasteiger partial charge in [0.2, 0.25) is 0 Å². The molecular formula is C18H17BrN2OS. The first-order valence-electron chi connectivity index (χ1n) is 7.79. The minimum Gasteiger partial charge on any atom is -0.299 e. The normalized spacial score (nSPS) is 14.5. The highest BCUT2D eigenvalue weighted by atomic mass is 79.9. The Labute approximate surface area is 147 Å². The van der Waals surface area contributed by atoms with Crippen LogP contribution in [0.15, 0.2) is 51.7 Å². The van der Waals surface area contributed by atoms with E-state index in [0.29, 0.717) is 0 Å². The summed E-state index contributed by atoms with van der Waals surface area (Å²) in [7, 11) is 0. The van der Waals surface area contributed by atoms with Gasteiger partial charge < -0.3 is 0 Å². The standard InChI is InChI=1S/C18H17BrN2OS/c19-15-6-7-16-17(10-15)23-18(22)21(16)9-3-8-20-11-13-4-1-2-5-14(13)12-20/h1-2,4-7,10H,3,8-9,11-12H2. The molecular weight excluding hydrogens is 372 g/mol. The molecule has 5 heteroatoms. The second kappa shape index (κ2) is 6.23. The molecule has 1 aliphatic heterocycles. The summed E-state index contributed by atoms with van der Waals surface area (Å²) in [6.45, 7) is 3.87. The molecule has 1 aliphatic rings. The highest BCUT2D eigenvalue weighted by Crippen LogP contribution is 2.24. The van der Waals surface area contributed by atoms with Crippen LogP contribution in [0.2, 0.25) is 0 Å². The fourth-order valence-electron chi connectivity index (χ4n) is 3.27. The van der Waals surface area contributed by atoms with Crippen molar-refractivity contribution in [3.63, 3.8) is 0 Å². The van der Waals surface area contributed by atoms with Gasteiger partial charge in [0.05, 0.1) is 10.2 Å². The number of aromatic nitrogens is 1. The largest absolute Gasteiger partial charge is 0.308 e. The van der Waals surface area contributed by atoms with E-state index >= 15 is 0 Å². The molecule has 0 radical (unpaired) electrons. The third-order valence-electron chi connectivity index (χ3n) is 4.39. The van der Waals surface area contributed by atoms with Crippen LogP contribution in [-0.2, 0) is 19.6 Å². The van der Waals surface area contributed by atoms with Gasteiger partial charge in [-0.1, -0.05) is 51.5 Å². The molecule has 0 N–H and O–H groups in total. The van der Waals surface area contributed by atoms with Crippen LogP contribution in [0.4, 0.5) is 0 Å².